The Morgan fingerprint density at radius 1 is 1.43 bits per heavy atom. The molecule has 0 aliphatic heterocycles. The molecule has 0 saturated heterocycles. The number of hydrogen-bond donors (Lipinski definition) is 1. The van der Waals surface area contributed by atoms with Crippen LogP contribution in [0.1, 0.15) is 6.92 Å². The molecule has 9 heteroatoms. The van der Waals surface area contributed by atoms with Crippen molar-refractivity contribution in [2.45, 2.75) is 6.92 Å². The van der Waals surface area contributed by atoms with Gasteiger partial charge in [-0.05, 0) is 19.1 Å². The van der Waals surface area contributed by atoms with Gasteiger partial charge >= 0.3 is 11.6 Å². The topological polar surface area (TPSA) is 90.2 Å². The second kappa shape index (κ2) is 6.07. The smallest absolute Gasteiger partial charge is 0.349 e. The summed E-state index contributed by atoms with van der Waals surface area (Å²) in [6.07, 6.45) is 0.928. The van der Waals surface area contributed by atoms with Crippen molar-refractivity contribution in [1.29, 1.82) is 0 Å². The molecule has 0 aliphatic rings. The van der Waals surface area contributed by atoms with Gasteiger partial charge in [0.05, 0.1) is 4.92 Å². The lowest BCUT2D eigenvalue weighted by molar-refractivity contribution is -0.386. The van der Waals surface area contributed by atoms with Crippen molar-refractivity contribution in [3.05, 3.63) is 46.1 Å². The first-order valence-electron chi connectivity index (χ1n) is 5.89. The summed E-state index contributed by atoms with van der Waals surface area (Å²) in [5, 5.41) is 13.6. The van der Waals surface area contributed by atoms with Crippen LogP contribution in [0.4, 0.5) is 20.4 Å². The quantitative estimate of drug-likeness (QED) is 0.674. The number of ether oxygens (including phenoxy) is 1. The van der Waals surface area contributed by atoms with Crippen molar-refractivity contribution in [1.82, 2.24) is 9.97 Å². The third kappa shape index (κ3) is 3.38. The number of nitrogens with one attached hydrogen (secondary N) is 1. The highest BCUT2D eigenvalue weighted by atomic mass is 19.1. The summed E-state index contributed by atoms with van der Waals surface area (Å²) in [6.45, 7) is 2.25. The van der Waals surface area contributed by atoms with E-state index in [0.717, 1.165) is 24.4 Å². The monoisotopic (exact) mass is 296 g/mol. The van der Waals surface area contributed by atoms with E-state index in [9.17, 15) is 18.9 Å². The molecule has 110 valence electrons. The van der Waals surface area contributed by atoms with Gasteiger partial charge in [-0.1, -0.05) is 0 Å². The SMILES string of the molecule is CCNc1ncc([N+](=O)[O-])c(Oc2cc(F)ccc2F)n1. The van der Waals surface area contributed by atoms with E-state index in [0.29, 0.717) is 6.54 Å². The molecule has 2 rings (SSSR count). The van der Waals surface area contributed by atoms with Crippen molar-refractivity contribution in [3.8, 4) is 11.6 Å². The predicted octanol–water partition coefficient (Wildman–Crippen LogP) is 2.89. The summed E-state index contributed by atoms with van der Waals surface area (Å²) in [6, 6.07) is 2.53. The highest BCUT2D eigenvalue weighted by Crippen LogP contribution is 2.31. The fraction of sp³-hybridized carbons (Fsp3) is 0.167. The molecule has 0 aliphatic carbocycles. The lowest BCUT2D eigenvalue weighted by atomic mass is 10.3. The number of nitro groups is 1. The molecule has 7 nitrogen and oxygen atoms in total. The van der Waals surface area contributed by atoms with Gasteiger partial charge in [-0.2, -0.15) is 4.98 Å². The minimum atomic E-state index is -0.866. The van der Waals surface area contributed by atoms with E-state index in [1.54, 1.807) is 6.92 Å². The van der Waals surface area contributed by atoms with Gasteiger partial charge < -0.3 is 10.1 Å². The van der Waals surface area contributed by atoms with Gasteiger partial charge in [0.25, 0.3) is 0 Å². The summed E-state index contributed by atoms with van der Waals surface area (Å²) in [4.78, 5) is 17.6. The van der Waals surface area contributed by atoms with E-state index in [2.05, 4.69) is 15.3 Å². The number of hydrogen-bond acceptors (Lipinski definition) is 6. The van der Waals surface area contributed by atoms with Crippen LogP contribution in [0, 0.1) is 21.7 Å². The molecule has 0 radical (unpaired) electrons. The van der Waals surface area contributed by atoms with E-state index in [1.807, 2.05) is 0 Å². The third-order valence-electron chi connectivity index (χ3n) is 2.37. The van der Waals surface area contributed by atoms with Crippen LogP contribution in [-0.4, -0.2) is 21.4 Å². The van der Waals surface area contributed by atoms with Crippen LogP contribution < -0.4 is 10.1 Å². The zero-order chi connectivity index (χ0) is 15.4. The molecule has 0 spiro atoms. The Bertz CT molecular complexity index is 682. The molecule has 0 amide bonds. The number of nitrogens with zero attached hydrogens (tertiary/aromatic N) is 3. The molecule has 0 fully saturated rings. The summed E-state index contributed by atoms with van der Waals surface area (Å²) in [5.41, 5.74) is -0.555. The minimum Gasteiger partial charge on any atom is -0.430 e. The largest absolute Gasteiger partial charge is 0.430 e. The first-order chi connectivity index (χ1) is 10.0. The molecule has 21 heavy (non-hydrogen) atoms. The van der Waals surface area contributed by atoms with Crippen LogP contribution >= 0.6 is 0 Å². The lowest BCUT2D eigenvalue weighted by Crippen LogP contribution is -2.05. The summed E-state index contributed by atoms with van der Waals surface area (Å²) in [5.74, 6) is -2.51. The molecule has 0 bridgehead atoms. The van der Waals surface area contributed by atoms with Crippen molar-refractivity contribution in [2.75, 3.05) is 11.9 Å². The van der Waals surface area contributed by atoms with Gasteiger partial charge in [-0.25, -0.2) is 13.8 Å². The fourth-order valence-electron chi connectivity index (χ4n) is 1.46. The van der Waals surface area contributed by atoms with Crippen molar-refractivity contribution < 1.29 is 18.4 Å². The number of rotatable bonds is 5. The lowest BCUT2D eigenvalue weighted by Gasteiger charge is -2.08. The van der Waals surface area contributed by atoms with E-state index in [1.165, 1.54) is 0 Å². The zero-order valence-electron chi connectivity index (χ0n) is 10.8. The number of aromatic nitrogens is 2. The normalized spacial score (nSPS) is 10.2. The Kier molecular flexibility index (Phi) is 4.21. The zero-order valence-corrected chi connectivity index (χ0v) is 10.8. The van der Waals surface area contributed by atoms with Crippen molar-refractivity contribution >= 4 is 11.6 Å². The maximum atomic E-state index is 13.5. The first-order valence-corrected chi connectivity index (χ1v) is 5.89. The molecular weight excluding hydrogens is 286 g/mol. The van der Waals surface area contributed by atoms with Crippen molar-refractivity contribution in [3.63, 3.8) is 0 Å². The summed E-state index contributed by atoms with van der Waals surface area (Å²) < 4.78 is 31.6. The second-order valence-corrected chi connectivity index (χ2v) is 3.85. The Morgan fingerprint density at radius 3 is 2.86 bits per heavy atom. The van der Waals surface area contributed by atoms with E-state index in [4.69, 9.17) is 4.74 Å². The van der Waals surface area contributed by atoms with Crippen LogP contribution in [0.2, 0.25) is 0 Å². The Labute approximate surface area is 117 Å². The van der Waals surface area contributed by atoms with Gasteiger partial charge in [0.1, 0.15) is 12.0 Å². The summed E-state index contributed by atoms with van der Waals surface area (Å²) >= 11 is 0. The minimum absolute atomic E-state index is 0.0786. The van der Waals surface area contributed by atoms with Crippen LogP contribution in [0.25, 0.3) is 0 Å². The van der Waals surface area contributed by atoms with Gasteiger partial charge in [-0.15, -0.1) is 0 Å². The van der Waals surface area contributed by atoms with Crippen molar-refractivity contribution in [2.24, 2.45) is 0 Å². The first kappa shape index (κ1) is 14.6. The predicted molar refractivity (Wildman–Crippen MR) is 69.3 cm³/mol. The van der Waals surface area contributed by atoms with Crippen LogP contribution in [-0.2, 0) is 0 Å². The van der Waals surface area contributed by atoms with Gasteiger partial charge in [0.15, 0.2) is 11.6 Å². The van der Waals surface area contributed by atoms with Crippen LogP contribution in [0.15, 0.2) is 24.4 Å². The fourth-order valence-corrected chi connectivity index (χ4v) is 1.46. The van der Waals surface area contributed by atoms with Gasteiger partial charge in [-0.3, -0.25) is 10.1 Å². The molecule has 1 aromatic carbocycles. The summed E-state index contributed by atoms with van der Waals surface area (Å²) in [7, 11) is 0. The second-order valence-electron chi connectivity index (χ2n) is 3.85. The van der Waals surface area contributed by atoms with Gasteiger partial charge in [0.2, 0.25) is 5.95 Å². The average molecular weight is 296 g/mol. The number of anilines is 1. The molecule has 1 N–H and O–H groups in total. The highest BCUT2D eigenvalue weighted by Gasteiger charge is 2.21. The molecule has 0 unspecified atom stereocenters. The number of benzene rings is 1. The van der Waals surface area contributed by atoms with E-state index < -0.39 is 33.9 Å². The molecule has 0 atom stereocenters. The maximum absolute atomic E-state index is 13.5. The Hall–Kier alpha value is -2.84. The Balaban J connectivity index is 2.43. The van der Waals surface area contributed by atoms with Gasteiger partial charge in [0, 0.05) is 12.6 Å². The molecule has 1 heterocycles. The Morgan fingerprint density at radius 2 is 2.19 bits per heavy atom. The van der Waals surface area contributed by atoms with E-state index >= 15 is 0 Å². The molecule has 1 aromatic heterocycles. The third-order valence-corrected chi connectivity index (χ3v) is 2.37. The molecule has 0 saturated carbocycles. The van der Waals surface area contributed by atoms with E-state index in [-0.39, 0.29) is 5.95 Å². The average Bonchev–Trinajstić information content (AvgIpc) is 2.43. The maximum Gasteiger partial charge on any atom is 0.349 e. The highest BCUT2D eigenvalue weighted by molar-refractivity contribution is 5.45. The standard InChI is InChI=1S/C12H10F2N4O3/c1-2-15-12-16-6-9(18(19)20)11(17-12)21-10-5-7(13)3-4-8(10)14/h3-6H,2H2,1H3,(H,15,16,17). The van der Waals surface area contributed by atoms with Crippen LogP contribution in [0.5, 0.6) is 11.6 Å². The van der Waals surface area contributed by atoms with Crippen LogP contribution in [0.3, 0.4) is 0 Å². The molecule has 2 aromatic rings. The molecular formula is C12H10F2N4O3. The number of halogens is 2.